The number of anilines is 1. The topological polar surface area (TPSA) is 92.7 Å². The number of hydrogen-bond acceptors (Lipinski definition) is 4. The molecule has 0 radical (unpaired) electrons. The molecular weight excluding hydrogens is 390 g/mol. The number of nitrogens with zero attached hydrogens (tertiary/aromatic N) is 3. The zero-order chi connectivity index (χ0) is 21.4. The van der Waals surface area contributed by atoms with Gasteiger partial charge in [0, 0.05) is 28.6 Å². The van der Waals surface area contributed by atoms with Crippen LogP contribution in [-0.2, 0) is 12.8 Å². The fraction of sp³-hybridized carbons (Fsp3) is 0.167. The van der Waals surface area contributed by atoms with E-state index in [1.165, 1.54) is 6.07 Å². The molecule has 0 spiro atoms. The maximum absolute atomic E-state index is 13.1. The highest BCUT2D eigenvalue weighted by molar-refractivity contribution is 6.04. The van der Waals surface area contributed by atoms with E-state index in [1.54, 1.807) is 6.07 Å². The van der Waals surface area contributed by atoms with Crippen molar-refractivity contribution in [3.8, 4) is 16.9 Å². The van der Waals surface area contributed by atoms with Gasteiger partial charge in [0.1, 0.15) is 0 Å². The number of aryl methyl sites for hydroxylation is 1. The van der Waals surface area contributed by atoms with Gasteiger partial charge in [-0.1, -0.05) is 30.3 Å². The Morgan fingerprint density at radius 2 is 1.94 bits per heavy atom. The van der Waals surface area contributed by atoms with Gasteiger partial charge in [-0.25, -0.2) is 9.78 Å². The highest BCUT2D eigenvalue weighted by Gasteiger charge is 2.27. The van der Waals surface area contributed by atoms with Crippen LogP contribution in [0, 0.1) is 6.92 Å². The van der Waals surface area contributed by atoms with Crippen LogP contribution < -0.4 is 10.9 Å². The molecule has 0 saturated carbocycles. The van der Waals surface area contributed by atoms with Gasteiger partial charge in [0.05, 0.1) is 11.4 Å². The lowest BCUT2D eigenvalue weighted by molar-refractivity contribution is 0.102. The normalized spacial score (nSPS) is 12.5. The van der Waals surface area contributed by atoms with Crippen LogP contribution in [0.1, 0.15) is 33.7 Å². The molecule has 7 nitrogen and oxygen atoms in total. The largest absolute Gasteiger partial charge is 0.321 e. The van der Waals surface area contributed by atoms with Crippen LogP contribution in [0.2, 0.25) is 0 Å². The number of para-hydroxylation sites is 1. The number of hydrogen-bond donors (Lipinski definition) is 2. The molecule has 154 valence electrons. The standard InChI is InChI=1S/C24H21N5O2/c1-15-6-2-3-10-20(15)29-21-11-5-9-18(21)23(28-29)24(31)25-17-8-4-7-16(14-17)19-12-13-22(30)27-26-19/h2-4,6-8,10,12-14H,5,9,11H2,1H3,(H,25,31)(H,27,30). The zero-order valence-electron chi connectivity index (χ0n) is 17.1. The molecule has 2 heterocycles. The second-order valence-corrected chi connectivity index (χ2v) is 7.67. The van der Waals surface area contributed by atoms with E-state index in [-0.39, 0.29) is 11.5 Å². The number of aromatic amines is 1. The first-order valence-corrected chi connectivity index (χ1v) is 10.2. The molecule has 7 heteroatoms. The van der Waals surface area contributed by atoms with E-state index in [9.17, 15) is 9.59 Å². The van der Waals surface area contributed by atoms with Gasteiger partial charge in [-0.2, -0.15) is 10.2 Å². The van der Waals surface area contributed by atoms with Crippen molar-refractivity contribution in [3.63, 3.8) is 0 Å². The summed E-state index contributed by atoms with van der Waals surface area (Å²) in [4.78, 5) is 24.4. The molecule has 2 N–H and O–H groups in total. The van der Waals surface area contributed by atoms with E-state index in [1.807, 2.05) is 47.1 Å². The summed E-state index contributed by atoms with van der Waals surface area (Å²) in [6, 6.07) is 18.5. The highest BCUT2D eigenvalue weighted by Crippen LogP contribution is 2.29. The summed E-state index contributed by atoms with van der Waals surface area (Å²) in [5, 5.41) is 14.2. The molecule has 1 amide bonds. The lowest BCUT2D eigenvalue weighted by atomic mass is 10.1. The van der Waals surface area contributed by atoms with Crippen LogP contribution in [-0.4, -0.2) is 25.9 Å². The fourth-order valence-corrected chi connectivity index (χ4v) is 4.07. The number of fused-ring (bicyclic) bond motifs is 1. The summed E-state index contributed by atoms with van der Waals surface area (Å²) in [7, 11) is 0. The lowest BCUT2D eigenvalue weighted by Gasteiger charge is -2.08. The number of carbonyl (C=O) groups excluding carboxylic acids is 1. The van der Waals surface area contributed by atoms with E-state index < -0.39 is 0 Å². The molecule has 0 saturated heterocycles. The van der Waals surface area contributed by atoms with Gasteiger partial charge in [-0.15, -0.1) is 0 Å². The van der Waals surface area contributed by atoms with Gasteiger partial charge in [0.15, 0.2) is 5.69 Å². The summed E-state index contributed by atoms with van der Waals surface area (Å²) < 4.78 is 1.92. The highest BCUT2D eigenvalue weighted by atomic mass is 16.2. The van der Waals surface area contributed by atoms with Crippen molar-refractivity contribution in [2.24, 2.45) is 0 Å². The monoisotopic (exact) mass is 411 g/mol. The molecule has 0 atom stereocenters. The molecule has 0 fully saturated rings. The van der Waals surface area contributed by atoms with Crippen molar-refractivity contribution in [1.29, 1.82) is 0 Å². The summed E-state index contributed by atoms with van der Waals surface area (Å²) in [5.41, 5.74) is 6.55. The Balaban J connectivity index is 1.46. The first-order valence-electron chi connectivity index (χ1n) is 10.2. The minimum atomic E-state index is -0.258. The summed E-state index contributed by atoms with van der Waals surface area (Å²) >= 11 is 0. The van der Waals surface area contributed by atoms with Crippen LogP contribution in [0.4, 0.5) is 5.69 Å². The predicted octanol–water partition coefficient (Wildman–Crippen LogP) is 3.67. The number of aromatic nitrogens is 4. The molecule has 5 rings (SSSR count). The number of H-pyrrole nitrogens is 1. The molecule has 1 aliphatic carbocycles. The van der Waals surface area contributed by atoms with Crippen molar-refractivity contribution < 1.29 is 4.79 Å². The number of rotatable bonds is 4. The maximum Gasteiger partial charge on any atom is 0.276 e. The quantitative estimate of drug-likeness (QED) is 0.536. The van der Waals surface area contributed by atoms with Crippen LogP contribution in [0.25, 0.3) is 16.9 Å². The zero-order valence-corrected chi connectivity index (χ0v) is 17.1. The summed E-state index contributed by atoms with van der Waals surface area (Å²) in [5.74, 6) is -0.225. The summed E-state index contributed by atoms with van der Waals surface area (Å²) in [6.07, 6.45) is 2.79. The predicted molar refractivity (Wildman–Crippen MR) is 119 cm³/mol. The van der Waals surface area contributed by atoms with Crippen LogP contribution in [0.3, 0.4) is 0 Å². The second kappa shape index (κ2) is 7.68. The first kappa shape index (κ1) is 19.0. The molecule has 2 aromatic heterocycles. The number of carbonyl (C=O) groups is 1. The van der Waals surface area contributed by atoms with Crippen molar-refractivity contribution in [3.05, 3.63) is 93.5 Å². The van der Waals surface area contributed by atoms with Crippen molar-refractivity contribution in [2.75, 3.05) is 5.32 Å². The van der Waals surface area contributed by atoms with Gasteiger partial charge in [-0.3, -0.25) is 9.59 Å². The van der Waals surface area contributed by atoms with Gasteiger partial charge in [0.25, 0.3) is 11.5 Å². The van der Waals surface area contributed by atoms with Crippen molar-refractivity contribution >= 4 is 11.6 Å². The molecule has 2 aromatic carbocycles. The third-order valence-electron chi connectivity index (χ3n) is 5.58. The van der Waals surface area contributed by atoms with Gasteiger partial charge in [-0.05, 0) is 56.0 Å². The Morgan fingerprint density at radius 1 is 1.06 bits per heavy atom. The molecule has 31 heavy (non-hydrogen) atoms. The van der Waals surface area contributed by atoms with Crippen molar-refractivity contribution in [1.82, 2.24) is 20.0 Å². The number of nitrogens with one attached hydrogen (secondary N) is 2. The van der Waals surface area contributed by atoms with Crippen LogP contribution in [0.15, 0.2) is 65.5 Å². The van der Waals surface area contributed by atoms with E-state index in [0.29, 0.717) is 17.1 Å². The SMILES string of the molecule is Cc1ccccc1-n1nc(C(=O)Nc2cccc(-c3ccc(=O)[nH]n3)c2)c2c1CCC2. The molecular formula is C24H21N5O2. The summed E-state index contributed by atoms with van der Waals surface area (Å²) in [6.45, 7) is 2.05. The Labute approximate surface area is 178 Å². The second-order valence-electron chi connectivity index (χ2n) is 7.67. The molecule has 1 aliphatic rings. The van der Waals surface area contributed by atoms with Gasteiger partial charge < -0.3 is 5.32 Å². The molecule has 0 unspecified atom stereocenters. The van der Waals surface area contributed by atoms with Crippen molar-refractivity contribution in [2.45, 2.75) is 26.2 Å². The third kappa shape index (κ3) is 3.54. The smallest absolute Gasteiger partial charge is 0.276 e. The van der Waals surface area contributed by atoms with E-state index in [0.717, 1.165) is 47.3 Å². The number of benzene rings is 2. The molecule has 0 bridgehead atoms. The average molecular weight is 411 g/mol. The fourth-order valence-electron chi connectivity index (χ4n) is 4.07. The Morgan fingerprint density at radius 3 is 2.74 bits per heavy atom. The molecule has 4 aromatic rings. The van der Waals surface area contributed by atoms with E-state index >= 15 is 0 Å². The Bertz CT molecular complexity index is 1330. The van der Waals surface area contributed by atoms with Crippen LogP contribution >= 0.6 is 0 Å². The minimum Gasteiger partial charge on any atom is -0.321 e. The van der Waals surface area contributed by atoms with E-state index in [2.05, 4.69) is 28.5 Å². The lowest BCUT2D eigenvalue weighted by Crippen LogP contribution is -2.15. The first-order chi connectivity index (χ1) is 15.1. The van der Waals surface area contributed by atoms with Crippen LogP contribution in [0.5, 0.6) is 0 Å². The maximum atomic E-state index is 13.1. The Kier molecular flexibility index (Phi) is 4.71. The average Bonchev–Trinajstić information content (AvgIpc) is 3.38. The van der Waals surface area contributed by atoms with Gasteiger partial charge in [0.2, 0.25) is 0 Å². The minimum absolute atomic E-state index is 0.225. The number of amides is 1. The Hall–Kier alpha value is -4.00. The third-order valence-corrected chi connectivity index (χ3v) is 5.58. The van der Waals surface area contributed by atoms with E-state index in [4.69, 9.17) is 5.10 Å². The molecule has 0 aliphatic heterocycles. The van der Waals surface area contributed by atoms with Gasteiger partial charge >= 0.3 is 0 Å².